The van der Waals surface area contributed by atoms with Crippen LogP contribution in [0.4, 0.5) is 0 Å². The highest BCUT2D eigenvalue weighted by Gasteiger charge is 2.20. The van der Waals surface area contributed by atoms with Gasteiger partial charge in [0.05, 0.1) is 5.57 Å². The van der Waals surface area contributed by atoms with Gasteiger partial charge >= 0.3 is 0 Å². The zero-order chi connectivity index (χ0) is 13.1. The molecular weight excluding hydrogens is 276 g/mol. The lowest BCUT2D eigenvalue weighted by atomic mass is 10.0. The summed E-state index contributed by atoms with van der Waals surface area (Å²) in [5.74, 6) is 0.835. The summed E-state index contributed by atoms with van der Waals surface area (Å²) >= 11 is 0. The average Bonchev–Trinajstić information content (AvgIpc) is 2.48. The van der Waals surface area contributed by atoms with E-state index in [-0.39, 0.29) is 24.4 Å². The minimum absolute atomic E-state index is 0. The standard InChI is InChI=1S/C15H18N2O2.ClH/c18-15(17-13-5-3-7-16-9-13)12-8-11-4-1-2-6-14(11)19-10-12;/h1-2,4,6,8,13,16H,3,5,7,9-10H2,(H,17,18);1H/t13-;/m0./s1. The smallest absolute Gasteiger partial charge is 0.250 e. The molecule has 2 N–H and O–H groups in total. The van der Waals surface area contributed by atoms with Gasteiger partial charge in [0.2, 0.25) is 0 Å². The Hall–Kier alpha value is -1.52. The van der Waals surface area contributed by atoms with Gasteiger partial charge in [0.1, 0.15) is 12.4 Å². The quantitative estimate of drug-likeness (QED) is 0.874. The highest BCUT2D eigenvalue weighted by atomic mass is 35.5. The molecule has 108 valence electrons. The van der Waals surface area contributed by atoms with Gasteiger partial charge in [0, 0.05) is 18.2 Å². The Kier molecular flexibility index (Phi) is 5.04. The summed E-state index contributed by atoms with van der Waals surface area (Å²) in [6.07, 6.45) is 4.08. The number of ether oxygens (including phenoxy) is 1. The first kappa shape index (κ1) is 14.9. The zero-order valence-corrected chi connectivity index (χ0v) is 12.0. The fourth-order valence-electron chi connectivity index (χ4n) is 2.50. The van der Waals surface area contributed by atoms with Gasteiger partial charge in [-0.05, 0) is 31.5 Å². The Morgan fingerprint density at radius 3 is 3.00 bits per heavy atom. The molecule has 0 aromatic heterocycles. The van der Waals surface area contributed by atoms with Crippen LogP contribution >= 0.6 is 12.4 Å². The van der Waals surface area contributed by atoms with Crippen molar-refractivity contribution in [3.05, 3.63) is 35.4 Å². The van der Waals surface area contributed by atoms with Crippen LogP contribution in [0.5, 0.6) is 5.75 Å². The van der Waals surface area contributed by atoms with Crippen LogP contribution in [-0.2, 0) is 4.79 Å². The minimum atomic E-state index is -0.0109. The lowest BCUT2D eigenvalue weighted by molar-refractivity contribution is -0.118. The summed E-state index contributed by atoms with van der Waals surface area (Å²) in [5, 5.41) is 6.36. The molecule has 1 atom stereocenters. The molecule has 2 aliphatic heterocycles. The Morgan fingerprint density at radius 2 is 2.20 bits per heavy atom. The molecule has 0 unspecified atom stereocenters. The first-order valence-electron chi connectivity index (χ1n) is 6.77. The first-order chi connectivity index (χ1) is 9.33. The van der Waals surface area contributed by atoms with E-state index in [1.807, 2.05) is 30.3 Å². The highest BCUT2D eigenvalue weighted by molar-refractivity contribution is 5.99. The van der Waals surface area contributed by atoms with Crippen molar-refractivity contribution in [2.24, 2.45) is 0 Å². The monoisotopic (exact) mass is 294 g/mol. The van der Waals surface area contributed by atoms with Crippen molar-refractivity contribution >= 4 is 24.4 Å². The van der Waals surface area contributed by atoms with E-state index in [0.29, 0.717) is 12.2 Å². The number of carbonyl (C=O) groups is 1. The number of rotatable bonds is 2. The number of carbonyl (C=O) groups excluding carboxylic acids is 1. The summed E-state index contributed by atoms with van der Waals surface area (Å²) in [5.41, 5.74) is 1.67. The molecule has 0 radical (unpaired) electrons. The average molecular weight is 295 g/mol. The molecule has 1 amide bonds. The molecule has 1 saturated heterocycles. The van der Waals surface area contributed by atoms with Crippen LogP contribution in [0.1, 0.15) is 18.4 Å². The van der Waals surface area contributed by atoms with E-state index in [2.05, 4.69) is 10.6 Å². The third-order valence-corrected chi connectivity index (χ3v) is 3.56. The van der Waals surface area contributed by atoms with Gasteiger partial charge in [-0.15, -0.1) is 12.4 Å². The number of piperidine rings is 1. The van der Waals surface area contributed by atoms with Crippen molar-refractivity contribution in [3.8, 4) is 5.75 Å². The van der Waals surface area contributed by atoms with Gasteiger partial charge in [0.25, 0.3) is 5.91 Å². The van der Waals surface area contributed by atoms with E-state index in [9.17, 15) is 4.79 Å². The normalized spacial score (nSPS) is 20.8. The molecule has 2 aliphatic rings. The van der Waals surface area contributed by atoms with Gasteiger partial charge < -0.3 is 15.4 Å². The van der Waals surface area contributed by atoms with Crippen LogP contribution in [-0.4, -0.2) is 31.6 Å². The third kappa shape index (κ3) is 3.32. The van der Waals surface area contributed by atoms with Crippen molar-refractivity contribution < 1.29 is 9.53 Å². The van der Waals surface area contributed by atoms with E-state index in [1.165, 1.54) is 0 Å². The maximum absolute atomic E-state index is 12.2. The van der Waals surface area contributed by atoms with Crippen molar-refractivity contribution in [1.82, 2.24) is 10.6 Å². The summed E-state index contributed by atoms with van der Waals surface area (Å²) < 4.78 is 5.60. The van der Waals surface area contributed by atoms with Crippen LogP contribution in [0, 0.1) is 0 Å². The molecule has 20 heavy (non-hydrogen) atoms. The molecule has 0 aliphatic carbocycles. The molecule has 2 heterocycles. The number of nitrogens with one attached hydrogen (secondary N) is 2. The first-order valence-corrected chi connectivity index (χ1v) is 6.77. The second-order valence-electron chi connectivity index (χ2n) is 5.01. The molecule has 1 fully saturated rings. The topological polar surface area (TPSA) is 50.4 Å². The van der Waals surface area contributed by atoms with Gasteiger partial charge in [-0.1, -0.05) is 18.2 Å². The van der Waals surface area contributed by atoms with Crippen LogP contribution in [0.15, 0.2) is 29.8 Å². The minimum Gasteiger partial charge on any atom is -0.488 e. The predicted molar refractivity (Wildman–Crippen MR) is 81.2 cm³/mol. The Morgan fingerprint density at radius 1 is 1.35 bits per heavy atom. The maximum Gasteiger partial charge on any atom is 0.250 e. The predicted octanol–water partition coefficient (Wildman–Crippen LogP) is 1.75. The van der Waals surface area contributed by atoms with Gasteiger partial charge in [0.15, 0.2) is 0 Å². The number of amides is 1. The summed E-state index contributed by atoms with van der Waals surface area (Å²) in [7, 11) is 0. The van der Waals surface area contributed by atoms with Crippen LogP contribution in [0.2, 0.25) is 0 Å². The zero-order valence-electron chi connectivity index (χ0n) is 11.2. The SMILES string of the molecule is Cl.O=C(N[C@H]1CCCNC1)C1=Cc2ccccc2OC1. The molecule has 5 heteroatoms. The molecule has 3 rings (SSSR count). The molecular formula is C15H19ClN2O2. The van der Waals surface area contributed by atoms with E-state index < -0.39 is 0 Å². The van der Waals surface area contributed by atoms with Gasteiger partial charge in [-0.25, -0.2) is 0 Å². The Balaban J connectivity index is 0.00000147. The van der Waals surface area contributed by atoms with Crippen molar-refractivity contribution in [3.63, 3.8) is 0 Å². The van der Waals surface area contributed by atoms with Crippen molar-refractivity contribution in [1.29, 1.82) is 0 Å². The van der Waals surface area contributed by atoms with Crippen LogP contribution in [0.3, 0.4) is 0 Å². The summed E-state index contributed by atoms with van der Waals surface area (Å²) in [6.45, 7) is 2.25. The number of para-hydroxylation sites is 1. The fraction of sp³-hybridized carbons (Fsp3) is 0.400. The second-order valence-corrected chi connectivity index (χ2v) is 5.01. The molecule has 1 aromatic rings. The lowest BCUT2D eigenvalue weighted by Gasteiger charge is -2.25. The van der Waals surface area contributed by atoms with E-state index in [4.69, 9.17) is 4.74 Å². The van der Waals surface area contributed by atoms with E-state index >= 15 is 0 Å². The number of fused-ring (bicyclic) bond motifs is 1. The van der Waals surface area contributed by atoms with E-state index in [0.717, 1.165) is 37.2 Å². The third-order valence-electron chi connectivity index (χ3n) is 3.56. The number of benzene rings is 1. The molecule has 0 saturated carbocycles. The van der Waals surface area contributed by atoms with Crippen LogP contribution < -0.4 is 15.4 Å². The van der Waals surface area contributed by atoms with Crippen LogP contribution in [0.25, 0.3) is 6.08 Å². The molecule has 1 aromatic carbocycles. The largest absolute Gasteiger partial charge is 0.488 e. The second kappa shape index (κ2) is 6.77. The van der Waals surface area contributed by atoms with Crippen molar-refractivity contribution in [2.45, 2.75) is 18.9 Å². The van der Waals surface area contributed by atoms with Gasteiger partial charge in [-0.2, -0.15) is 0 Å². The van der Waals surface area contributed by atoms with E-state index in [1.54, 1.807) is 0 Å². The number of hydrogen-bond donors (Lipinski definition) is 2. The Labute approximate surface area is 125 Å². The highest BCUT2D eigenvalue weighted by Crippen LogP contribution is 2.25. The number of hydrogen-bond acceptors (Lipinski definition) is 3. The lowest BCUT2D eigenvalue weighted by Crippen LogP contribution is -2.46. The van der Waals surface area contributed by atoms with Gasteiger partial charge in [-0.3, -0.25) is 4.79 Å². The summed E-state index contributed by atoms with van der Waals surface area (Å²) in [6, 6.07) is 8.00. The summed E-state index contributed by atoms with van der Waals surface area (Å²) in [4.78, 5) is 12.2. The Bertz CT molecular complexity index is 510. The molecule has 0 spiro atoms. The molecule has 0 bridgehead atoms. The maximum atomic E-state index is 12.2. The molecule has 4 nitrogen and oxygen atoms in total. The fourth-order valence-corrected chi connectivity index (χ4v) is 2.50. The number of halogens is 1. The van der Waals surface area contributed by atoms with Crippen molar-refractivity contribution in [2.75, 3.05) is 19.7 Å².